The zero-order chi connectivity index (χ0) is 11.4. The lowest BCUT2D eigenvalue weighted by atomic mass is 10.00. The lowest BCUT2D eigenvalue weighted by Gasteiger charge is -2.23. The van der Waals surface area contributed by atoms with E-state index in [0.717, 1.165) is 0 Å². The van der Waals surface area contributed by atoms with Gasteiger partial charge >= 0.3 is 0 Å². The molecule has 0 aromatic rings. The molecule has 2 N–H and O–H groups in total. The molecule has 0 aromatic heterocycles. The Morgan fingerprint density at radius 3 is 2.21 bits per heavy atom. The lowest BCUT2D eigenvalue weighted by molar-refractivity contribution is -0.123. The number of nitrogens with one attached hydrogen (secondary N) is 2. The van der Waals surface area contributed by atoms with Gasteiger partial charge in [-0.3, -0.25) is 14.9 Å². The minimum Gasteiger partial charge on any atom is -0.311 e. The molecule has 14 heavy (non-hydrogen) atoms. The van der Waals surface area contributed by atoms with E-state index >= 15 is 0 Å². The Morgan fingerprint density at radius 2 is 1.86 bits per heavy atom. The molecule has 0 bridgehead atoms. The first kappa shape index (κ1) is 13.3. The second-order valence-corrected chi connectivity index (χ2v) is 4.01. The van der Waals surface area contributed by atoms with E-state index < -0.39 is 5.54 Å². The van der Waals surface area contributed by atoms with E-state index in [1.165, 1.54) is 6.92 Å². The molecule has 0 saturated heterocycles. The molecule has 0 spiro atoms. The first-order valence-corrected chi connectivity index (χ1v) is 4.77. The molecular formula is C10H20N2O2. The van der Waals surface area contributed by atoms with Crippen molar-refractivity contribution in [3.63, 3.8) is 0 Å². The number of likely N-dealkylation sites (N-methyl/N-ethyl adjacent to an activating group) is 1. The predicted molar refractivity (Wildman–Crippen MR) is 56.3 cm³/mol. The van der Waals surface area contributed by atoms with Crippen molar-refractivity contribution in [2.45, 2.75) is 39.3 Å². The van der Waals surface area contributed by atoms with Crippen molar-refractivity contribution in [1.82, 2.24) is 10.6 Å². The summed E-state index contributed by atoms with van der Waals surface area (Å²) in [6.45, 7) is 7.07. The number of carbonyl (C=O) groups is 2. The zero-order valence-corrected chi connectivity index (χ0v) is 9.60. The fourth-order valence-corrected chi connectivity index (χ4v) is 0.747. The molecule has 0 aliphatic carbocycles. The lowest BCUT2D eigenvalue weighted by Crippen LogP contribution is -2.50. The van der Waals surface area contributed by atoms with E-state index in [1.54, 1.807) is 27.8 Å². The van der Waals surface area contributed by atoms with Gasteiger partial charge in [0.25, 0.3) is 0 Å². The van der Waals surface area contributed by atoms with Crippen LogP contribution in [0.1, 0.15) is 27.7 Å². The van der Waals surface area contributed by atoms with Crippen LogP contribution in [0.25, 0.3) is 0 Å². The Labute approximate surface area is 85.4 Å². The van der Waals surface area contributed by atoms with Gasteiger partial charge in [0.2, 0.25) is 0 Å². The highest BCUT2D eigenvalue weighted by atomic mass is 16.1. The van der Waals surface area contributed by atoms with Crippen LogP contribution in [0.3, 0.4) is 0 Å². The molecular weight excluding hydrogens is 180 g/mol. The van der Waals surface area contributed by atoms with Crippen molar-refractivity contribution in [3.8, 4) is 0 Å². The van der Waals surface area contributed by atoms with Crippen LogP contribution < -0.4 is 10.6 Å². The van der Waals surface area contributed by atoms with E-state index in [4.69, 9.17) is 0 Å². The van der Waals surface area contributed by atoms with Crippen molar-refractivity contribution in [3.05, 3.63) is 0 Å². The standard InChI is InChI=1S/C10H20N2O2/c1-7(11-5)9(14)6-12-10(3,4)8(2)13/h7,11-12H,6H2,1-5H3/t7-/m0/s1. The van der Waals surface area contributed by atoms with Crippen LogP contribution in [-0.4, -0.2) is 36.7 Å². The van der Waals surface area contributed by atoms with Gasteiger partial charge in [0.1, 0.15) is 5.78 Å². The summed E-state index contributed by atoms with van der Waals surface area (Å²) in [6.07, 6.45) is 0. The van der Waals surface area contributed by atoms with E-state index in [2.05, 4.69) is 10.6 Å². The number of Topliss-reactive ketones (excluding diaryl/α,β-unsaturated/α-hetero) is 2. The molecule has 4 nitrogen and oxygen atoms in total. The molecule has 0 heterocycles. The normalized spacial score (nSPS) is 13.8. The average Bonchev–Trinajstić information content (AvgIpc) is 2.12. The first-order valence-electron chi connectivity index (χ1n) is 4.77. The SMILES string of the molecule is CN[C@@H](C)C(=O)CNC(C)(C)C(C)=O. The van der Waals surface area contributed by atoms with Crippen molar-refractivity contribution < 1.29 is 9.59 Å². The maximum atomic E-state index is 11.4. The van der Waals surface area contributed by atoms with Crippen molar-refractivity contribution in [2.75, 3.05) is 13.6 Å². The maximum absolute atomic E-state index is 11.4. The second kappa shape index (κ2) is 5.22. The van der Waals surface area contributed by atoms with Crippen molar-refractivity contribution >= 4 is 11.6 Å². The fraction of sp³-hybridized carbons (Fsp3) is 0.800. The quantitative estimate of drug-likeness (QED) is 0.639. The van der Waals surface area contributed by atoms with Crippen LogP contribution in [0.15, 0.2) is 0 Å². The average molecular weight is 200 g/mol. The molecule has 0 amide bonds. The van der Waals surface area contributed by atoms with Gasteiger partial charge in [-0.15, -0.1) is 0 Å². The Bertz CT molecular complexity index is 224. The number of hydrogen-bond acceptors (Lipinski definition) is 4. The van der Waals surface area contributed by atoms with Gasteiger partial charge in [-0.1, -0.05) is 0 Å². The van der Waals surface area contributed by atoms with Gasteiger partial charge < -0.3 is 5.32 Å². The molecule has 0 aromatic carbocycles. The van der Waals surface area contributed by atoms with E-state index in [9.17, 15) is 9.59 Å². The number of rotatable bonds is 6. The van der Waals surface area contributed by atoms with Gasteiger partial charge in [0, 0.05) is 0 Å². The molecule has 0 aliphatic heterocycles. The van der Waals surface area contributed by atoms with Gasteiger partial charge in [-0.05, 0) is 34.7 Å². The van der Waals surface area contributed by atoms with E-state index in [1.807, 2.05) is 0 Å². The summed E-state index contributed by atoms with van der Waals surface area (Å²) in [6, 6.07) is -0.176. The molecule has 1 atom stereocenters. The largest absolute Gasteiger partial charge is 0.311 e. The smallest absolute Gasteiger partial charge is 0.163 e. The molecule has 0 saturated carbocycles. The number of hydrogen-bond donors (Lipinski definition) is 2. The van der Waals surface area contributed by atoms with E-state index in [0.29, 0.717) is 0 Å². The first-order chi connectivity index (χ1) is 6.31. The molecule has 0 rings (SSSR count). The third kappa shape index (κ3) is 3.98. The summed E-state index contributed by atoms with van der Waals surface area (Å²) in [5.74, 6) is 0.0873. The van der Waals surface area contributed by atoms with Crippen molar-refractivity contribution in [1.29, 1.82) is 0 Å². The van der Waals surface area contributed by atoms with Gasteiger partial charge in [0.05, 0.1) is 18.1 Å². The highest BCUT2D eigenvalue weighted by Gasteiger charge is 2.24. The minimum absolute atomic E-state index is 0.0300. The van der Waals surface area contributed by atoms with Gasteiger partial charge in [0.15, 0.2) is 5.78 Å². The zero-order valence-electron chi connectivity index (χ0n) is 9.60. The Kier molecular flexibility index (Phi) is 4.94. The van der Waals surface area contributed by atoms with Crippen LogP contribution in [0.4, 0.5) is 0 Å². The summed E-state index contributed by atoms with van der Waals surface area (Å²) in [5.41, 5.74) is -0.622. The molecule has 0 aliphatic rings. The van der Waals surface area contributed by atoms with Crippen LogP contribution in [-0.2, 0) is 9.59 Å². The molecule has 0 unspecified atom stereocenters. The van der Waals surface area contributed by atoms with E-state index in [-0.39, 0.29) is 24.2 Å². The molecule has 0 fully saturated rings. The topological polar surface area (TPSA) is 58.2 Å². The van der Waals surface area contributed by atoms with Gasteiger partial charge in [-0.25, -0.2) is 0 Å². The third-order valence-electron chi connectivity index (χ3n) is 2.50. The van der Waals surface area contributed by atoms with Crippen molar-refractivity contribution in [2.24, 2.45) is 0 Å². The predicted octanol–water partition coefficient (Wildman–Crippen LogP) is 0.121. The van der Waals surface area contributed by atoms with Crippen LogP contribution >= 0.6 is 0 Å². The Morgan fingerprint density at radius 1 is 1.36 bits per heavy atom. The second-order valence-electron chi connectivity index (χ2n) is 4.01. The summed E-state index contributed by atoms with van der Waals surface area (Å²) >= 11 is 0. The monoisotopic (exact) mass is 200 g/mol. The minimum atomic E-state index is -0.622. The van der Waals surface area contributed by atoms with Crippen LogP contribution in [0.5, 0.6) is 0 Å². The highest BCUT2D eigenvalue weighted by Crippen LogP contribution is 2.02. The summed E-state index contributed by atoms with van der Waals surface area (Å²) in [4.78, 5) is 22.5. The highest BCUT2D eigenvalue weighted by molar-refractivity contribution is 5.88. The summed E-state index contributed by atoms with van der Waals surface area (Å²) < 4.78 is 0. The Balaban J connectivity index is 4.06. The summed E-state index contributed by atoms with van der Waals surface area (Å²) in [7, 11) is 1.73. The maximum Gasteiger partial charge on any atom is 0.163 e. The molecule has 4 heteroatoms. The van der Waals surface area contributed by atoms with Crippen LogP contribution in [0.2, 0.25) is 0 Å². The number of carbonyl (C=O) groups excluding carboxylic acids is 2. The summed E-state index contributed by atoms with van der Waals surface area (Å²) in [5, 5.41) is 5.79. The molecule has 82 valence electrons. The Hall–Kier alpha value is -0.740. The molecule has 0 radical (unpaired) electrons. The number of ketones is 2. The third-order valence-corrected chi connectivity index (χ3v) is 2.50. The van der Waals surface area contributed by atoms with Crippen LogP contribution in [0, 0.1) is 0 Å². The fourth-order valence-electron chi connectivity index (χ4n) is 0.747. The van der Waals surface area contributed by atoms with Gasteiger partial charge in [-0.2, -0.15) is 0 Å².